The lowest BCUT2D eigenvalue weighted by Gasteiger charge is -2.27. The number of nitro groups is 1. The van der Waals surface area contributed by atoms with Gasteiger partial charge in [-0.05, 0) is 18.9 Å². The topological polar surface area (TPSA) is 72.2 Å². The number of amides is 1. The van der Waals surface area contributed by atoms with Crippen molar-refractivity contribution in [1.29, 1.82) is 0 Å². The van der Waals surface area contributed by atoms with E-state index in [4.69, 9.17) is 11.6 Å². The Morgan fingerprint density at radius 3 is 2.60 bits per heavy atom. The number of rotatable bonds is 4. The number of halogens is 2. The van der Waals surface area contributed by atoms with Gasteiger partial charge in [0.25, 0.3) is 11.6 Å². The lowest BCUT2D eigenvalue weighted by Crippen LogP contribution is -2.48. The maximum Gasteiger partial charge on any atom is 0.272 e. The molecule has 5 nitrogen and oxygen atoms in total. The molecular formula is C13H14ClFN2O3. The van der Waals surface area contributed by atoms with E-state index in [-0.39, 0.29) is 17.1 Å². The van der Waals surface area contributed by atoms with Crippen LogP contribution in [0.25, 0.3) is 0 Å². The number of nitrogens with one attached hydrogen (secondary N) is 1. The molecule has 2 rings (SSSR count). The van der Waals surface area contributed by atoms with Gasteiger partial charge in [0.15, 0.2) is 0 Å². The van der Waals surface area contributed by atoms with E-state index in [0.29, 0.717) is 0 Å². The number of nitrogens with zero attached hydrogens (tertiary/aromatic N) is 1. The summed E-state index contributed by atoms with van der Waals surface area (Å²) in [5.41, 5.74) is -1.08. The van der Waals surface area contributed by atoms with Crippen LogP contribution < -0.4 is 5.32 Å². The van der Waals surface area contributed by atoms with Crippen LogP contribution in [0.5, 0.6) is 0 Å². The molecule has 20 heavy (non-hydrogen) atoms. The van der Waals surface area contributed by atoms with Crippen LogP contribution in [0.3, 0.4) is 0 Å². The van der Waals surface area contributed by atoms with E-state index >= 15 is 0 Å². The lowest BCUT2D eigenvalue weighted by molar-refractivity contribution is -0.385. The molecule has 1 amide bonds. The average Bonchev–Trinajstić information content (AvgIpc) is 2.87. The highest BCUT2D eigenvalue weighted by Gasteiger charge is 2.35. The first-order valence-electron chi connectivity index (χ1n) is 6.30. The van der Waals surface area contributed by atoms with E-state index in [1.807, 2.05) is 0 Å². The number of non-ortho nitro benzene ring substituents is 1. The maximum absolute atomic E-state index is 13.8. The first-order valence-corrected chi connectivity index (χ1v) is 6.83. The number of carbonyl (C=O) groups is 1. The van der Waals surface area contributed by atoms with Crippen LogP contribution in [0.2, 0.25) is 0 Å². The van der Waals surface area contributed by atoms with Gasteiger partial charge in [0.2, 0.25) is 0 Å². The maximum atomic E-state index is 13.8. The molecule has 1 saturated carbocycles. The third-order valence-corrected chi connectivity index (χ3v) is 4.11. The molecule has 0 aliphatic heterocycles. The van der Waals surface area contributed by atoms with Crippen molar-refractivity contribution >= 4 is 23.2 Å². The Morgan fingerprint density at radius 2 is 2.10 bits per heavy atom. The molecule has 0 aromatic heterocycles. The van der Waals surface area contributed by atoms with Crippen molar-refractivity contribution in [2.75, 3.05) is 5.88 Å². The van der Waals surface area contributed by atoms with Crippen LogP contribution in [0.15, 0.2) is 18.2 Å². The average molecular weight is 301 g/mol. The zero-order chi connectivity index (χ0) is 14.8. The van der Waals surface area contributed by atoms with E-state index in [1.54, 1.807) is 0 Å². The Labute approximate surface area is 120 Å². The van der Waals surface area contributed by atoms with E-state index < -0.39 is 22.2 Å². The second-order valence-corrected chi connectivity index (χ2v) is 5.26. The predicted octanol–water partition coefficient (Wildman–Crippen LogP) is 3.02. The first kappa shape index (κ1) is 14.7. The number of carbonyl (C=O) groups excluding carboxylic acids is 1. The van der Waals surface area contributed by atoms with Gasteiger partial charge in [-0.15, -0.1) is 11.6 Å². The van der Waals surface area contributed by atoms with E-state index in [0.717, 1.165) is 43.9 Å². The molecule has 1 fully saturated rings. The Kier molecular flexibility index (Phi) is 4.23. The first-order chi connectivity index (χ1) is 9.47. The molecule has 0 radical (unpaired) electrons. The molecule has 1 aliphatic carbocycles. The van der Waals surface area contributed by atoms with Crippen LogP contribution in [0.4, 0.5) is 10.1 Å². The highest BCUT2D eigenvalue weighted by Crippen LogP contribution is 2.31. The fourth-order valence-electron chi connectivity index (χ4n) is 2.45. The summed E-state index contributed by atoms with van der Waals surface area (Å²) in [4.78, 5) is 21.9. The van der Waals surface area contributed by atoms with Gasteiger partial charge in [-0.2, -0.15) is 0 Å². The van der Waals surface area contributed by atoms with Crippen molar-refractivity contribution in [2.45, 2.75) is 31.2 Å². The standard InChI is InChI=1S/C13H14ClFN2O3/c14-8-13(5-1-2-6-13)16-12(18)10-4-3-9(17(19)20)7-11(10)15/h3-4,7H,1-2,5-6,8H2,(H,16,18). The van der Waals surface area contributed by atoms with Crippen molar-refractivity contribution in [3.63, 3.8) is 0 Å². The highest BCUT2D eigenvalue weighted by molar-refractivity contribution is 6.19. The van der Waals surface area contributed by atoms with Crippen LogP contribution >= 0.6 is 11.6 Å². The highest BCUT2D eigenvalue weighted by atomic mass is 35.5. The second-order valence-electron chi connectivity index (χ2n) is 5.00. The molecular weight excluding hydrogens is 287 g/mol. The number of alkyl halides is 1. The fourth-order valence-corrected chi connectivity index (χ4v) is 2.79. The smallest absolute Gasteiger partial charge is 0.272 e. The zero-order valence-electron chi connectivity index (χ0n) is 10.7. The molecule has 0 atom stereocenters. The monoisotopic (exact) mass is 300 g/mol. The summed E-state index contributed by atoms with van der Waals surface area (Å²) in [5, 5.41) is 13.3. The predicted molar refractivity (Wildman–Crippen MR) is 72.4 cm³/mol. The summed E-state index contributed by atoms with van der Waals surface area (Å²) in [6.07, 6.45) is 3.46. The lowest BCUT2D eigenvalue weighted by atomic mass is 9.99. The van der Waals surface area contributed by atoms with Crippen molar-refractivity contribution in [3.05, 3.63) is 39.7 Å². The summed E-state index contributed by atoms with van der Waals surface area (Å²) >= 11 is 5.90. The minimum absolute atomic E-state index is 0.202. The SMILES string of the molecule is O=C(NC1(CCl)CCCC1)c1ccc([N+](=O)[O-])cc1F. The number of hydrogen-bond donors (Lipinski definition) is 1. The Morgan fingerprint density at radius 1 is 1.45 bits per heavy atom. The van der Waals surface area contributed by atoms with Gasteiger partial charge < -0.3 is 5.32 Å². The van der Waals surface area contributed by atoms with Gasteiger partial charge >= 0.3 is 0 Å². The van der Waals surface area contributed by atoms with Crippen LogP contribution in [-0.4, -0.2) is 22.2 Å². The van der Waals surface area contributed by atoms with Crippen LogP contribution in [0.1, 0.15) is 36.0 Å². The largest absolute Gasteiger partial charge is 0.345 e. The van der Waals surface area contributed by atoms with Crippen molar-refractivity contribution < 1.29 is 14.1 Å². The minimum Gasteiger partial charge on any atom is -0.345 e. The number of nitro benzene ring substituents is 1. The minimum atomic E-state index is -0.903. The van der Waals surface area contributed by atoms with Gasteiger partial charge in [-0.3, -0.25) is 14.9 Å². The summed E-state index contributed by atoms with van der Waals surface area (Å²) in [6.45, 7) is 0. The Balaban J connectivity index is 2.19. The third kappa shape index (κ3) is 2.90. The molecule has 0 unspecified atom stereocenters. The van der Waals surface area contributed by atoms with Gasteiger partial charge in [-0.25, -0.2) is 4.39 Å². The molecule has 0 bridgehead atoms. The fraction of sp³-hybridized carbons (Fsp3) is 0.462. The van der Waals surface area contributed by atoms with Crippen molar-refractivity contribution in [3.8, 4) is 0 Å². The zero-order valence-corrected chi connectivity index (χ0v) is 11.5. The number of hydrogen-bond acceptors (Lipinski definition) is 3. The Bertz CT molecular complexity index is 544. The quantitative estimate of drug-likeness (QED) is 0.528. The van der Waals surface area contributed by atoms with Gasteiger partial charge in [0, 0.05) is 11.9 Å². The van der Waals surface area contributed by atoms with E-state index in [1.165, 1.54) is 0 Å². The number of benzene rings is 1. The summed E-state index contributed by atoms with van der Waals surface area (Å²) < 4.78 is 13.8. The molecule has 0 spiro atoms. The normalized spacial score (nSPS) is 16.9. The molecule has 1 N–H and O–H groups in total. The summed E-state index contributed by atoms with van der Waals surface area (Å²) in [6, 6.07) is 2.98. The van der Waals surface area contributed by atoms with E-state index in [2.05, 4.69) is 5.32 Å². The summed E-state index contributed by atoms with van der Waals surface area (Å²) in [5.74, 6) is -1.22. The van der Waals surface area contributed by atoms with Crippen molar-refractivity contribution in [1.82, 2.24) is 5.32 Å². The van der Waals surface area contributed by atoms with Crippen molar-refractivity contribution in [2.24, 2.45) is 0 Å². The van der Waals surface area contributed by atoms with Gasteiger partial charge in [0.05, 0.1) is 22.1 Å². The summed E-state index contributed by atoms with van der Waals surface area (Å²) in [7, 11) is 0. The van der Waals surface area contributed by atoms with Gasteiger partial charge in [0.1, 0.15) is 5.82 Å². The molecule has 0 heterocycles. The molecule has 1 aliphatic rings. The second kappa shape index (κ2) is 5.75. The van der Waals surface area contributed by atoms with Crippen LogP contribution in [0, 0.1) is 15.9 Å². The van der Waals surface area contributed by atoms with Gasteiger partial charge in [-0.1, -0.05) is 12.8 Å². The molecule has 1 aromatic rings. The molecule has 1 aromatic carbocycles. The Hall–Kier alpha value is -1.69. The molecule has 7 heteroatoms. The molecule has 108 valence electrons. The third-order valence-electron chi connectivity index (χ3n) is 3.60. The van der Waals surface area contributed by atoms with E-state index in [9.17, 15) is 19.3 Å². The molecule has 0 saturated heterocycles. The van der Waals surface area contributed by atoms with Crippen LogP contribution in [-0.2, 0) is 0 Å².